The maximum Gasteiger partial charge on any atom is 0.347 e. The van der Waals surface area contributed by atoms with Crippen LogP contribution in [0.15, 0.2) is 27.4 Å². The zero-order valence-electron chi connectivity index (χ0n) is 11.5. The highest BCUT2D eigenvalue weighted by molar-refractivity contribution is 7.15. The summed E-state index contributed by atoms with van der Waals surface area (Å²) in [6.45, 7) is 0. The summed E-state index contributed by atoms with van der Waals surface area (Å²) in [6.07, 6.45) is -4.63. The number of aliphatic hydroxyl groups excluding tert-OH is 1. The number of hydrogen-bond acceptors (Lipinski definition) is 8. The van der Waals surface area contributed by atoms with Gasteiger partial charge in [-0.2, -0.15) is 0 Å². The number of hydrogen-bond donors (Lipinski definition) is 3. The summed E-state index contributed by atoms with van der Waals surface area (Å²) in [5.74, 6) is -1.30. The van der Waals surface area contributed by atoms with Crippen LogP contribution in [0.3, 0.4) is 0 Å². The summed E-state index contributed by atoms with van der Waals surface area (Å²) < 4.78 is 42.9. The maximum atomic E-state index is 13.1. The van der Waals surface area contributed by atoms with Gasteiger partial charge in [0.05, 0.1) is 5.39 Å². The van der Waals surface area contributed by atoms with Crippen LogP contribution in [-0.2, 0) is 0 Å². The maximum absolute atomic E-state index is 13.1. The minimum Gasteiger partial charge on any atom is -0.506 e. The minimum atomic E-state index is -2.83. The lowest BCUT2D eigenvalue weighted by molar-refractivity contribution is 0.150. The van der Waals surface area contributed by atoms with E-state index in [2.05, 4.69) is 15.5 Å². The summed E-state index contributed by atoms with van der Waals surface area (Å²) >= 11 is 0.474. The Bertz CT molecular complexity index is 959. The van der Waals surface area contributed by atoms with Crippen LogP contribution in [0.2, 0.25) is 0 Å². The summed E-state index contributed by atoms with van der Waals surface area (Å²) in [4.78, 5) is 11.9. The van der Waals surface area contributed by atoms with Gasteiger partial charge in [-0.15, -0.1) is 10.2 Å². The molecular formula is C13H8F3N3O4S. The molecule has 11 heteroatoms. The van der Waals surface area contributed by atoms with E-state index >= 15 is 0 Å². The van der Waals surface area contributed by atoms with Gasteiger partial charge in [-0.25, -0.2) is 18.0 Å². The molecule has 0 fully saturated rings. The summed E-state index contributed by atoms with van der Waals surface area (Å²) in [6, 6.07) is 3.10. The molecular weight excluding hydrogens is 351 g/mol. The Labute approximate surface area is 135 Å². The Kier molecular flexibility index (Phi) is 4.11. The van der Waals surface area contributed by atoms with E-state index in [4.69, 9.17) is 4.42 Å². The molecule has 0 radical (unpaired) electrons. The Morgan fingerprint density at radius 1 is 1.29 bits per heavy atom. The first-order valence-corrected chi connectivity index (χ1v) is 7.20. The van der Waals surface area contributed by atoms with Crippen LogP contribution >= 0.6 is 11.3 Å². The van der Waals surface area contributed by atoms with Gasteiger partial charge in [-0.05, 0) is 12.1 Å². The van der Waals surface area contributed by atoms with Crippen LogP contribution in [0.4, 0.5) is 18.3 Å². The van der Waals surface area contributed by atoms with Crippen LogP contribution in [-0.4, -0.2) is 20.4 Å². The Morgan fingerprint density at radius 3 is 2.71 bits per heavy atom. The van der Waals surface area contributed by atoms with Gasteiger partial charge in [-0.3, -0.25) is 0 Å². The molecule has 126 valence electrons. The van der Waals surface area contributed by atoms with Crippen molar-refractivity contribution in [2.24, 2.45) is 0 Å². The van der Waals surface area contributed by atoms with Crippen LogP contribution in [0, 0.1) is 5.82 Å². The summed E-state index contributed by atoms with van der Waals surface area (Å²) in [5, 5.41) is 28.3. The molecule has 1 atom stereocenters. The molecule has 1 unspecified atom stereocenters. The number of anilines is 1. The van der Waals surface area contributed by atoms with Gasteiger partial charge in [0.15, 0.2) is 11.2 Å². The van der Waals surface area contributed by atoms with Crippen molar-refractivity contribution in [3.05, 3.63) is 45.0 Å². The van der Waals surface area contributed by atoms with Crippen molar-refractivity contribution in [1.29, 1.82) is 0 Å². The third kappa shape index (κ3) is 2.90. The molecule has 0 amide bonds. The number of aromatic nitrogens is 2. The van der Waals surface area contributed by atoms with Crippen molar-refractivity contribution < 1.29 is 27.8 Å². The lowest BCUT2D eigenvalue weighted by Crippen LogP contribution is -2.19. The molecule has 7 nitrogen and oxygen atoms in total. The number of nitrogens with zero attached hydrogens (tertiary/aromatic N) is 2. The average Bonchev–Trinajstić information content (AvgIpc) is 2.95. The second-order valence-corrected chi connectivity index (χ2v) is 5.59. The van der Waals surface area contributed by atoms with Crippen molar-refractivity contribution in [2.45, 2.75) is 12.7 Å². The van der Waals surface area contributed by atoms with Gasteiger partial charge >= 0.3 is 5.63 Å². The monoisotopic (exact) mass is 359 g/mol. The molecule has 0 spiro atoms. The Balaban J connectivity index is 1.98. The average molecular weight is 359 g/mol. The molecule has 0 bridgehead atoms. The van der Waals surface area contributed by atoms with Crippen molar-refractivity contribution in [2.75, 3.05) is 5.32 Å². The van der Waals surface area contributed by atoms with E-state index in [0.29, 0.717) is 11.3 Å². The van der Waals surface area contributed by atoms with Gasteiger partial charge in [-0.1, -0.05) is 11.3 Å². The molecule has 1 aromatic carbocycles. The second kappa shape index (κ2) is 6.09. The summed E-state index contributed by atoms with van der Waals surface area (Å²) in [5.41, 5.74) is -1.89. The normalized spacial score (nSPS) is 12.7. The van der Waals surface area contributed by atoms with E-state index in [9.17, 15) is 28.2 Å². The highest BCUT2D eigenvalue weighted by Gasteiger charge is 2.23. The number of aromatic hydroxyl groups is 1. The van der Waals surface area contributed by atoms with E-state index in [1.54, 1.807) is 0 Å². The molecule has 3 aromatic rings. The summed E-state index contributed by atoms with van der Waals surface area (Å²) in [7, 11) is 0. The first kappa shape index (κ1) is 16.2. The lowest BCUT2D eigenvalue weighted by atomic mass is 10.1. The minimum absolute atomic E-state index is 0.00242. The zero-order valence-corrected chi connectivity index (χ0v) is 12.4. The molecule has 0 saturated heterocycles. The number of fused-ring (bicyclic) bond motifs is 1. The van der Waals surface area contributed by atoms with Gasteiger partial charge in [0.25, 0.3) is 6.43 Å². The molecule has 24 heavy (non-hydrogen) atoms. The van der Waals surface area contributed by atoms with Crippen molar-refractivity contribution in [3.8, 4) is 5.75 Å². The number of alkyl halides is 2. The third-order valence-corrected chi connectivity index (χ3v) is 3.90. The SMILES string of the molecule is O=c1oc2cc(F)ccc2c(O)c1C(O)Nc1nnc(C(F)F)s1. The second-order valence-electron chi connectivity index (χ2n) is 4.59. The van der Waals surface area contributed by atoms with Crippen LogP contribution in [0.25, 0.3) is 11.0 Å². The fraction of sp³-hybridized carbons (Fsp3) is 0.154. The quantitative estimate of drug-likeness (QED) is 0.485. The molecule has 0 aliphatic heterocycles. The van der Waals surface area contributed by atoms with Crippen LogP contribution < -0.4 is 10.9 Å². The molecule has 0 saturated carbocycles. The fourth-order valence-corrected chi connectivity index (χ4v) is 2.61. The first-order valence-electron chi connectivity index (χ1n) is 6.38. The highest BCUT2D eigenvalue weighted by atomic mass is 32.1. The smallest absolute Gasteiger partial charge is 0.347 e. The van der Waals surface area contributed by atoms with E-state index < -0.39 is 40.4 Å². The van der Waals surface area contributed by atoms with Crippen molar-refractivity contribution >= 4 is 27.4 Å². The van der Waals surface area contributed by atoms with E-state index in [-0.39, 0.29) is 16.1 Å². The molecule has 3 rings (SSSR count). The highest BCUT2D eigenvalue weighted by Crippen LogP contribution is 2.32. The fourth-order valence-electron chi connectivity index (χ4n) is 1.98. The number of nitrogens with one attached hydrogen (secondary N) is 1. The standard InChI is InChI=1S/C13H8F3N3O4S/c14-4-1-2-5-6(3-4)23-12(22)7(8(5)20)10(21)17-13-19-18-11(24-13)9(15)16/h1-3,9-10,20-21H,(H,17,19). The number of halogens is 3. The Hall–Kier alpha value is -2.66. The van der Waals surface area contributed by atoms with Gasteiger partial charge in [0, 0.05) is 6.07 Å². The van der Waals surface area contributed by atoms with Gasteiger partial charge in [0.1, 0.15) is 22.7 Å². The molecule has 0 aliphatic rings. The van der Waals surface area contributed by atoms with E-state index in [0.717, 1.165) is 12.1 Å². The number of rotatable bonds is 4. The predicted molar refractivity (Wildman–Crippen MR) is 77.6 cm³/mol. The molecule has 3 N–H and O–H groups in total. The Morgan fingerprint density at radius 2 is 2.04 bits per heavy atom. The molecule has 0 aliphatic carbocycles. The first-order chi connectivity index (χ1) is 11.4. The van der Waals surface area contributed by atoms with E-state index in [1.165, 1.54) is 6.07 Å². The van der Waals surface area contributed by atoms with E-state index in [1.807, 2.05) is 0 Å². The molecule has 2 heterocycles. The number of benzene rings is 1. The molecule has 2 aromatic heterocycles. The van der Waals surface area contributed by atoms with Crippen LogP contribution in [0.5, 0.6) is 5.75 Å². The van der Waals surface area contributed by atoms with Crippen LogP contribution in [0.1, 0.15) is 23.2 Å². The largest absolute Gasteiger partial charge is 0.506 e. The van der Waals surface area contributed by atoms with Gasteiger partial charge in [0.2, 0.25) is 5.13 Å². The lowest BCUT2D eigenvalue weighted by Gasteiger charge is -2.13. The third-order valence-electron chi connectivity index (χ3n) is 3.04. The van der Waals surface area contributed by atoms with Crippen molar-refractivity contribution in [3.63, 3.8) is 0 Å². The van der Waals surface area contributed by atoms with Gasteiger partial charge < -0.3 is 19.9 Å². The number of aliphatic hydroxyl groups is 1. The predicted octanol–water partition coefficient (Wildman–Crippen LogP) is 2.53. The van der Waals surface area contributed by atoms with Crippen molar-refractivity contribution in [1.82, 2.24) is 10.2 Å². The topological polar surface area (TPSA) is 108 Å². The zero-order chi connectivity index (χ0) is 17.4.